The molecule has 1 aliphatic rings. The molecule has 0 spiro atoms. The average Bonchev–Trinajstić information content (AvgIpc) is 3.01. The first-order valence-corrected chi connectivity index (χ1v) is 12.2. The standard InChI is InChI=1S/C19H25F3N2O5S2/c1-4-30-16-9-10-23(17(16)25)11-14-7-5-6-8-15(14)24(18(26)29-12-13(2)3)31(27,28)19(20,21)22/h5-8,13,16H,4,9-12H2,1-3H3. The number of carbonyl (C=O) groups is 2. The van der Waals surface area contributed by atoms with Gasteiger partial charge in [-0.1, -0.05) is 39.0 Å². The van der Waals surface area contributed by atoms with Crippen LogP contribution >= 0.6 is 11.8 Å². The number of para-hydroxylation sites is 1. The molecular formula is C19H25F3N2O5S2. The Morgan fingerprint density at radius 1 is 1.32 bits per heavy atom. The zero-order chi connectivity index (χ0) is 23.4. The first-order valence-electron chi connectivity index (χ1n) is 9.66. The molecule has 1 aliphatic heterocycles. The van der Waals surface area contributed by atoms with Crippen molar-refractivity contribution < 1.29 is 35.9 Å². The van der Waals surface area contributed by atoms with Gasteiger partial charge in [0.15, 0.2) is 0 Å². The van der Waals surface area contributed by atoms with Crippen LogP contribution in [0.1, 0.15) is 32.8 Å². The van der Waals surface area contributed by atoms with Crippen molar-refractivity contribution in [1.82, 2.24) is 4.90 Å². The van der Waals surface area contributed by atoms with Crippen molar-refractivity contribution in [3.63, 3.8) is 0 Å². The van der Waals surface area contributed by atoms with E-state index in [0.717, 1.165) is 11.8 Å². The van der Waals surface area contributed by atoms with Crippen LogP contribution in [0, 0.1) is 5.92 Å². The molecule has 0 saturated carbocycles. The summed E-state index contributed by atoms with van der Waals surface area (Å²) in [5.74, 6) is 0.347. The second kappa shape index (κ2) is 10.1. The number of halogens is 3. The fraction of sp³-hybridized carbons (Fsp3) is 0.579. The van der Waals surface area contributed by atoms with Gasteiger partial charge in [-0.2, -0.15) is 25.9 Å². The van der Waals surface area contributed by atoms with Gasteiger partial charge >= 0.3 is 21.6 Å². The number of likely N-dealkylation sites (tertiary alicyclic amines) is 1. The zero-order valence-corrected chi connectivity index (χ0v) is 19.0. The summed E-state index contributed by atoms with van der Waals surface area (Å²) in [5, 5.41) is -0.247. The lowest BCUT2D eigenvalue weighted by atomic mass is 10.1. The van der Waals surface area contributed by atoms with Gasteiger partial charge in [-0.15, -0.1) is 11.8 Å². The highest BCUT2D eigenvalue weighted by atomic mass is 32.2. The van der Waals surface area contributed by atoms with Crippen molar-refractivity contribution in [2.24, 2.45) is 5.92 Å². The summed E-state index contributed by atoms with van der Waals surface area (Å²) < 4.78 is 69.0. The Balaban J connectivity index is 2.44. The molecule has 1 saturated heterocycles. The topological polar surface area (TPSA) is 84.0 Å². The molecule has 1 atom stereocenters. The summed E-state index contributed by atoms with van der Waals surface area (Å²) in [5.41, 5.74) is -6.12. The molecule has 0 radical (unpaired) electrons. The van der Waals surface area contributed by atoms with E-state index in [9.17, 15) is 31.2 Å². The van der Waals surface area contributed by atoms with E-state index in [0.29, 0.717) is 13.0 Å². The second-order valence-corrected chi connectivity index (χ2v) is 10.6. The predicted octanol–water partition coefficient (Wildman–Crippen LogP) is 3.99. The summed E-state index contributed by atoms with van der Waals surface area (Å²) in [6.07, 6.45) is -1.06. The summed E-state index contributed by atoms with van der Waals surface area (Å²) in [6, 6.07) is 5.29. The summed E-state index contributed by atoms with van der Waals surface area (Å²) >= 11 is 1.47. The molecule has 174 valence electrons. The van der Waals surface area contributed by atoms with Crippen molar-refractivity contribution >= 4 is 39.5 Å². The maximum atomic E-state index is 13.4. The number of thioether (sulfide) groups is 1. The van der Waals surface area contributed by atoms with Gasteiger partial charge in [0.1, 0.15) is 0 Å². The number of anilines is 1. The van der Waals surface area contributed by atoms with Crippen LogP contribution in [0.25, 0.3) is 0 Å². The van der Waals surface area contributed by atoms with Crippen LogP contribution in [0.2, 0.25) is 0 Å². The molecule has 0 aromatic heterocycles. The van der Waals surface area contributed by atoms with Crippen molar-refractivity contribution in [3.05, 3.63) is 29.8 Å². The van der Waals surface area contributed by atoms with Crippen molar-refractivity contribution in [2.45, 2.75) is 44.5 Å². The molecule has 1 aromatic carbocycles. The molecule has 12 heteroatoms. The number of alkyl halides is 3. The molecule has 1 unspecified atom stereocenters. The van der Waals surface area contributed by atoms with E-state index in [-0.39, 0.29) is 40.1 Å². The average molecular weight is 483 g/mol. The molecule has 0 aliphatic carbocycles. The van der Waals surface area contributed by atoms with E-state index in [4.69, 9.17) is 4.74 Å². The molecule has 0 bridgehead atoms. The van der Waals surface area contributed by atoms with Crippen LogP contribution in [0.4, 0.5) is 23.7 Å². The maximum absolute atomic E-state index is 13.4. The summed E-state index contributed by atoms with van der Waals surface area (Å²) in [4.78, 5) is 26.5. The fourth-order valence-corrected chi connectivity index (χ4v) is 4.86. The maximum Gasteiger partial charge on any atom is 0.517 e. The lowest BCUT2D eigenvalue weighted by Gasteiger charge is -2.26. The van der Waals surface area contributed by atoms with Gasteiger partial charge in [-0.25, -0.2) is 4.79 Å². The quantitative estimate of drug-likeness (QED) is 0.557. The van der Waals surface area contributed by atoms with E-state index in [1.54, 1.807) is 13.8 Å². The van der Waals surface area contributed by atoms with Gasteiger partial charge in [0.2, 0.25) is 5.91 Å². The minimum absolute atomic E-state index is 0.0901. The normalized spacial score (nSPS) is 17.3. The van der Waals surface area contributed by atoms with Crippen LogP contribution < -0.4 is 4.31 Å². The number of ether oxygens (including phenoxy) is 1. The smallest absolute Gasteiger partial charge is 0.448 e. The van der Waals surface area contributed by atoms with E-state index < -0.39 is 27.3 Å². The predicted molar refractivity (Wildman–Crippen MR) is 112 cm³/mol. The number of carbonyl (C=O) groups excluding carboxylic acids is 2. The highest BCUT2D eigenvalue weighted by Gasteiger charge is 2.53. The largest absolute Gasteiger partial charge is 0.517 e. The van der Waals surface area contributed by atoms with Gasteiger partial charge in [-0.3, -0.25) is 4.79 Å². The van der Waals surface area contributed by atoms with Crippen LogP contribution in [-0.4, -0.2) is 55.0 Å². The minimum atomic E-state index is -6.08. The first-order chi connectivity index (χ1) is 14.4. The van der Waals surface area contributed by atoms with Crippen LogP contribution in [0.3, 0.4) is 0 Å². The number of nitrogens with zero attached hydrogens (tertiary/aromatic N) is 2. The Morgan fingerprint density at radius 3 is 2.55 bits per heavy atom. The third-order valence-corrected chi connectivity index (χ3v) is 7.01. The number of sulfonamides is 1. The van der Waals surface area contributed by atoms with E-state index in [1.807, 2.05) is 6.92 Å². The minimum Gasteiger partial charge on any atom is -0.448 e. The first kappa shape index (κ1) is 25.3. The van der Waals surface area contributed by atoms with Gasteiger partial charge in [0, 0.05) is 13.1 Å². The third kappa shape index (κ3) is 5.85. The monoisotopic (exact) mass is 482 g/mol. The van der Waals surface area contributed by atoms with Crippen molar-refractivity contribution in [1.29, 1.82) is 0 Å². The number of amides is 2. The third-order valence-electron chi connectivity index (χ3n) is 4.43. The fourth-order valence-electron chi connectivity index (χ4n) is 3.00. The highest BCUT2D eigenvalue weighted by molar-refractivity contribution is 8.00. The lowest BCUT2D eigenvalue weighted by molar-refractivity contribution is -0.127. The zero-order valence-electron chi connectivity index (χ0n) is 17.4. The molecule has 1 fully saturated rings. The summed E-state index contributed by atoms with van der Waals surface area (Å²) in [7, 11) is -6.08. The lowest BCUT2D eigenvalue weighted by Crippen LogP contribution is -2.45. The summed E-state index contributed by atoms with van der Waals surface area (Å²) in [6.45, 7) is 5.23. The van der Waals surface area contributed by atoms with Gasteiger partial charge < -0.3 is 9.64 Å². The van der Waals surface area contributed by atoms with Gasteiger partial charge in [-0.05, 0) is 29.7 Å². The molecule has 2 amide bonds. The van der Waals surface area contributed by atoms with Crippen LogP contribution in [0.5, 0.6) is 0 Å². The SMILES string of the molecule is CCSC1CCN(Cc2ccccc2N(C(=O)OCC(C)C)S(=O)(=O)C(F)(F)F)C1=O. The molecule has 1 aromatic rings. The Kier molecular flexibility index (Phi) is 8.26. The Labute approximate surface area is 184 Å². The van der Waals surface area contributed by atoms with Crippen molar-refractivity contribution in [2.75, 3.05) is 23.2 Å². The number of rotatable bonds is 8. The Morgan fingerprint density at radius 2 is 1.97 bits per heavy atom. The van der Waals surface area contributed by atoms with Gasteiger partial charge in [0.05, 0.1) is 17.5 Å². The van der Waals surface area contributed by atoms with E-state index >= 15 is 0 Å². The number of benzene rings is 1. The second-order valence-electron chi connectivity index (χ2n) is 7.31. The Hall–Kier alpha value is -1.95. The number of hydrogen-bond acceptors (Lipinski definition) is 6. The van der Waals surface area contributed by atoms with Crippen molar-refractivity contribution in [3.8, 4) is 0 Å². The molecular weight excluding hydrogens is 457 g/mol. The molecule has 31 heavy (non-hydrogen) atoms. The van der Waals surface area contributed by atoms with E-state index in [2.05, 4.69) is 0 Å². The van der Waals surface area contributed by atoms with Crippen LogP contribution in [-0.2, 0) is 26.1 Å². The van der Waals surface area contributed by atoms with E-state index in [1.165, 1.54) is 34.9 Å². The molecule has 2 rings (SSSR count). The van der Waals surface area contributed by atoms with Gasteiger partial charge in [0.25, 0.3) is 0 Å². The van der Waals surface area contributed by atoms with Crippen LogP contribution in [0.15, 0.2) is 24.3 Å². The molecule has 0 N–H and O–H groups in total. The molecule has 7 nitrogen and oxygen atoms in total. The molecule has 1 heterocycles. The number of hydrogen-bond donors (Lipinski definition) is 0. The Bertz CT molecular complexity index is 906. The highest BCUT2D eigenvalue weighted by Crippen LogP contribution is 2.35.